The molecule has 0 aliphatic carbocycles. The summed E-state index contributed by atoms with van der Waals surface area (Å²) in [6.45, 7) is 2.93. The Hall–Kier alpha value is -2.52. The van der Waals surface area contributed by atoms with Crippen LogP contribution in [0.5, 0.6) is 0 Å². The van der Waals surface area contributed by atoms with Crippen molar-refractivity contribution in [1.82, 2.24) is 9.55 Å². The van der Waals surface area contributed by atoms with Gasteiger partial charge in [0.2, 0.25) is 0 Å². The second kappa shape index (κ2) is 15.3. The van der Waals surface area contributed by atoms with Crippen molar-refractivity contribution in [2.24, 2.45) is 0 Å². The van der Waals surface area contributed by atoms with Crippen LogP contribution in [0.25, 0.3) is 0 Å². The van der Waals surface area contributed by atoms with E-state index in [9.17, 15) is 4.79 Å². The lowest BCUT2D eigenvalue weighted by atomic mass is 10.1. The van der Waals surface area contributed by atoms with Crippen LogP contribution in [0, 0.1) is 10.1 Å². The van der Waals surface area contributed by atoms with Gasteiger partial charge >= 0.3 is 6.16 Å². The molecule has 1 unspecified atom stereocenters. The smallest absolute Gasteiger partial charge is 0.434 e. The number of ether oxygens (including phenoxy) is 2. The van der Waals surface area contributed by atoms with Gasteiger partial charge in [-0.15, -0.1) is 10.1 Å². The third-order valence-electron chi connectivity index (χ3n) is 4.20. The van der Waals surface area contributed by atoms with Crippen LogP contribution in [0.4, 0.5) is 4.79 Å². The summed E-state index contributed by atoms with van der Waals surface area (Å²) in [5, 5.41) is 14.6. The van der Waals surface area contributed by atoms with Gasteiger partial charge in [0.15, 0.2) is 0 Å². The largest absolute Gasteiger partial charge is 0.508 e. The van der Waals surface area contributed by atoms with Crippen LogP contribution in [0.3, 0.4) is 0 Å². The van der Waals surface area contributed by atoms with E-state index < -0.39 is 17.3 Å². The average molecular weight is 476 g/mol. The third kappa shape index (κ3) is 12.0. The van der Waals surface area contributed by atoms with E-state index in [0.717, 1.165) is 19.3 Å². The second-order valence-electron chi connectivity index (χ2n) is 6.64. The van der Waals surface area contributed by atoms with Crippen molar-refractivity contribution in [1.29, 1.82) is 0 Å². The van der Waals surface area contributed by atoms with Crippen LogP contribution in [-0.2, 0) is 16.0 Å². The molecule has 0 spiro atoms. The molecule has 0 saturated heterocycles. The fourth-order valence-corrected chi connectivity index (χ4v) is 3.27. The predicted octanol–water partition coefficient (Wildman–Crippen LogP) is 6.10. The first-order valence-corrected chi connectivity index (χ1v) is 10.7. The molecule has 0 saturated carbocycles. The number of benzene rings is 1. The molecule has 0 aliphatic heterocycles. The molecule has 0 amide bonds. The minimum Gasteiger partial charge on any atom is -0.434 e. The lowest BCUT2D eigenvalue weighted by molar-refractivity contribution is -0.742. The Labute approximate surface area is 191 Å². The zero-order valence-corrected chi connectivity index (χ0v) is 18.8. The van der Waals surface area contributed by atoms with Gasteiger partial charge < -0.3 is 19.2 Å². The van der Waals surface area contributed by atoms with Crippen LogP contribution in [0.2, 0.25) is 10.0 Å². The Morgan fingerprint density at radius 3 is 2.55 bits per heavy atom. The number of hydrogen-bond donors (Lipinski definition) is 1. The summed E-state index contributed by atoms with van der Waals surface area (Å²) in [5.74, 6) is 0. The molecule has 1 N–H and O–H groups in total. The van der Waals surface area contributed by atoms with Crippen molar-refractivity contribution >= 4 is 29.4 Å². The molecule has 11 heteroatoms. The predicted molar refractivity (Wildman–Crippen MR) is 116 cm³/mol. The number of rotatable bonds is 11. The normalized spacial score (nSPS) is 11.2. The van der Waals surface area contributed by atoms with Crippen molar-refractivity contribution in [3.63, 3.8) is 0 Å². The van der Waals surface area contributed by atoms with Crippen molar-refractivity contribution in [2.45, 2.75) is 58.1 Å². The highest BCUT2D eigenvalue weighted by molar-refractivity contribution is 6.35. The summed E-state index contributed by atoms with van der Waals surface area (Å²) in [5.41, 5.74) is 0.672. The first-order chi connectivity index (χ1) is 14.8. The van der Waals surface area contributed by atoms with Crippen molar-refractivity contribution in [3.8, 4) is 0 Å². The van der Waals surface area contributed by atoms with E-state index in [1.54, 1.807) is 36.9 Å². The van der Waals surface area contributed by atoms with E-state index in [1.807, 2.05) is 4.57 Å². The maximum atomic E-state index is 12.1. The summed E-state index contributed by atoms with van der Waals surface area (Å²) in [4.78, 5) is 24.5. The molecule has 9 nitrogen and oxygen atoms in total. The summed E-state index contributed by atoms with van der Waals surface area (Å²) in [6.07, 6.45) is 10.6. The molecule has 1 aromatic carbocycles. The van der Waals surface area contributed by atoms with E-state index in [-0.39, 0.29) is 0 Å². The van der Waals surface area contributed by atoms with Gasteiger partial charge in [-0.05, 0) is 18.6 Å². The lowest BCUT2D eigenvalue weighted by Crippen LogP contribution is -2.18. The van der Waals surface area contributed by atoms with Crippen LogP contribution >= 0.6 is 23.2 Å². The van der Waals surface area contributed by atoms with Crippen molar-refractivity contribution in [3.05, 3.63) is 62.6 Å². The van der Waals surface area contributed by atoms with Crippen molar-refractivity contribution < 1.29 is 24.6 Å². The highest BCUT2D eigenvalue weighted by Gasteiger charge is 2.21. The van der Waals surface area contributed by atoms with Crippen LogP contribution < -0.4 is 0 Å². The zero-order chi connectivity index (χ0) is 23.1. The van der Waals surface area contributed by atoms with E-state index >= 15 is 0 Å². The number of unbranched alkanes of at least 4 members (excludes halogenated alkanes) is 5. The van der Waals surface area contributed by atoms with E-state index in [4.69, 9.17) is 48.0 Å². The van der Waals surface area contributed by atoms with Crippen LogP contribution in [-0.4, -0.2) is 32.6 Å². The molecule has 31 heavy (non-hydrogen) atoms. The maximum absolute atomic E-state index is 12.1. The maximum Gasteiger partial charge on any atom is 0.508 e. The van der Waals surface area contributed by atoms with Gasteiger partial charge in [-0.2, -0.15) is 0 Å². The molecule has 0 bridgehead atoms. The summed E-state index contributed by atoms with van der Waals surface area (Å²) in [6, 6.07) is 5.10. The molecular weight excluding hydrogens is 449 g/mol. The minimum atomic E-state index is -1.50. The van der Waals surface area contributed by atoms with E-state index in [1.165, 1.54) is 19.3 Å². The number of imidazole rings is 1. The molecule has 0 radical (unpaired) electrons. The number of carbonyl (C=O) groups excluding carboxylic acids is 1. The molecule has 1 aromatic heterocycles. The summed E-state index contributed by atoms with van der Waals surface area (Å²) >= 11 is 12.3. The SMILES string of the molecule is CCCCCCCCOC(=O)OC(Cn1ccnc1)c1ccc(Cl)cc1Cl.O=[N+]([O-])O. The fraction of sp³-hybridized carbons (Fsp3) is 0.500. The Bertz CT molecular complexity index is 785. The van der Waals surface area contributed by atoms with Gasteiger partial charge in [0.25, 0.3) is 5.09 Å². The van der Waals surface area contributed by atoms with Crippen LogP contribution in [0.1, 0.15) is 57.1 Å². The highest BCUT2D eigenvalue weighted by atomic mass is 35.5. The van der Waals surface area contributed by atoms with Gasteiger partial charge in [-0.1, -0.05) is 68.3 Å². The third-order valence-corrected chi connectivity index (χ3v) is 4.76. The summed E-state index contributed by atoms with van der Waals surface area (Å²) in [7, 11) is 0. The molecule has 172 valence electrons. The molecule has 2 aromatic rings. The molecular formula is C20H27Cl2N3O6. The number of halogens is 2. The first-order valence-electron chi connectivity index (χ1n) is 9.90. The minimum absolute atomic E-state index is 0.358. The summed E-state index contributed by atoms with van der Waals surface area (Å²) < 4.78 is 12.6. The molecule has 1 heterocycles. The van der Waals surface area contributed by atoms with Gasteiger partial charge in [0.05, 0.1) is 19.5 Å². The van der Waals surface area contributed by atoms with Gasteiger partial charge in [0.1, 0.15) is 6.10 Å². The van der Waals surface area contributed by atoms with Gasteiger partial charge in [-0.25, -0.2) is 9.78 Å². The van der Waals surface area contributed by atoms with E-state index in [2.05, 4.69) is 11.9 Å². The lowest BCUT2D eigenvalue weighted by Gasteiger charge is -2.19. The number of aromatic nitrogens is 2. The quantitative estimate of drug-likeness (QED) is 0.180. The number of nitrogens with zero attached hydrogens (tertiary/aromatic N) is 3. The Morgan fingerprint density at radius 1 is 1.26 bits per heavy atom. The Kier molecular flexibility index (Phi) is 13.1. The van der Waals surface area contributed by atoms with E-state index in [0.29, 0.717) is 28.8 Å². The Morgan fingerprint density at radius 2 is 1.94 bits per heavy atom. The number of carbonyl (C=O) groups is 1. The van der Waals surface area contributed by atoms with Gasteiger partial charge in [0, 0.05) is 28.0 Å². The fourth-order valence-electron chi connectivity index (χ4n) is 2.74. The topological polar surface area (TPSA) is 117 Å². The van der Waals surface area contributed by atoms with Crippen LogP contribution in [0.15, 0.2) is 36.9 Å². The Balaban J connectivity index is 0.00000110. The average Bonchev–Trinajstić information content (AvgIpc) is 3.19. The first kappa shape index (κ1) is 26.5. The van der Waals surface area contributed by atoms with Crippen molar-refractivity contribution in [2.75, 3.05) is 6.61 Å². The standard InChI is InChI=1S/C20H26Cl2N2O3.HNO3/c1-2-3-4-5-6-7-12-26-20(25)27-19(14-24-11-10-23-15-24)17-9-8-16(21)13-18(17)22;2-1(3)4/h8-11,13,15,19H,2-7,12,14H2,1H3;(H,2,3,4). The highest BCUT2D eigenvalue weighted by Crippen LogP contribution is 2.30. The molecule has 1 atom stereocenters. The molecule has 2 rings (SSSR count). The van der Waals surface area contributed by atoms with Gasteiger partial charge in [-0.3, -0.25) is 0 Å². The second-order valence-corrected chi connectivity index (χ2v) is 7.48. The molecule has 0 fully saturated rings. The zero-order valence-electron chi connectivity index (χ0n) is 17.3. The monoisotopic (exact) mass is 475 g/mol. The number of hydrogen-bond acceptors (Lipinski definition) is 6. The molecule has 0 aliphatic rings.